The second-order valence-corrected chi connectivity index (χ2v) is 6.42. The van der Waals surface area contributed by atoms with E-state index in [-0.39, 0.29) is 0 Å². The third-order valence-corrected chi connectivity index (χ3v) is 5.21. The smallest absolute Gasteiger partial charge is 0.0161 e. The summed E-state index contributed by atoms with van der Waals surface area (Å²) in [5.41, 5.74) is 1.95. The van der Waals surface area contributed by atoms with Crippen molar-refractivity contribution in [3.63, 3.8) is 0 Å². The molecule has 1 fully saturated rings. The van der Waals surface area contributed by atoms with E-state index in [4.69, 9.17) is 0 Å². The average molecular weight is 273 g/mol. The molecule has 1 aromatic rings. The van der Waals surface area contributed by atoms with Crippen molar-refractivity contribution in [2.24, 2.45) is 0 Å². The van der Waals surface area contributed by atoms with Crippen molar-refractivity contribution in [2.75, 3.05) is 7.05 Å². The highest BCUT2D eigenvalue weighted by Crippen LogP contribution is 2.45. The van der Waals surface area contributed by atoms with Crippen molar-refractivity contribution in [1.29, 1.82) is 0 Å². The summed E-state index contributed by atoms with van der Waals surface area (Å²) >= 11 is 0. The summed E-state index contributed by atoms with van der Waals surface area (Å²) in [6.45, 7) is 2.29. The Hall–Kier alpha value is -0.820. The van der Waals surface area contributed by atoms with Crippen LogP contribution in [0.4, 0.5) is 0 Å². The minimum absolute atomic E-state index is 0.391. The molecule has 0 aliphatic heterocycles. The van der Waals surface area contributed by atoms with Crippen molar-refractivity contribution >= 4 is 0 Å². The van der Waals surface area contributed by atoms with Crippen molar-refractivity contribution < 1.29 is 0 Å². The van der Waals surface area contributed by atoms with E-state index in [1.165, 1.54) is 57.8 Å². The highest BCUT2D eigenvalue weighted by atomic mass is 14.9. The molecular formula is C19H31N. The van der Waals surface area contributed by atoms with Gasteiger partial charge >= 0.3 is 0 Å². The van der Waals surface area contributed by atoms with E-state index in [9.17, 15) is 0 Å². The maximum Gasteiger partial charge on any atom is 0.0161 e. The average Bonchev–Trinajstić information content (AvgIpc) is 2.99. The van der Waals surface area contributed by atoms with E-state index >= 15 is 0 Å². The van der Waals surface area contributed by atoms with Crippen LogP contribution in [0.25, 0.3) is 0 Å². The van der Waals surface area contributed by atoms with E-state index in [1.54, 1.807) is 5.56 Å². The lowest BCUT2D eigenvalue weighted by Gasteiger charge is -2.38. The van der Waals surface area contributed by atoms with Gasteiger partial charge in [0.1, 0.15) is 0 Å². The normalized spacial score (nSPS) is 19.1. The molecule has 0 amide bonds. The van der Waals surface area contributed by atoms with E-state index < -0.39 is 0 Å². The minimum Gasteiger partial charge on any atom is -0.316 e. The molecule has 1 unspecified atom stereocenters. The summed E-state index contributed by atoms with van der Waals surface area (Å²) in [4.78, 5) is 0. The summed E-state index contributed by atoms with van der Waals surface area (Å²) in [6.07, 6.45) is 12.3. The molecule has 1 saturated carbocycles. The van der Waals surface area contributed by atoms with Crippen LogP contribution >= 0.6 is 0 Å². The van der Waals surface area contributed by atoms with Crippen LogP contribution in [0.1, 0.15) is 70.3 Å². The van der Waals surface area contributed by atoms with Crippen LogP contribution in [-0.4, -0.2) is 13.1 Å². The fourth-order valence-corrected chi connectivity index (χ4v) is 4.09. The number of likely N-dealkylation sites (N-methyl/N-ethyl adjacent to an activating group) is 1. The molecule has 0 radical (unpaired) electrons. The second kappa shape index (κ2) is 7.83. The first-order valence-electron chi connectivity index (χ1n) is 8.56. The van der Waals surface area contributed by atoms with E-state index in [0.29, 0.717) is 11.5 Å². The predicted octanol–water partition coefficient (Wildman–Crippen LogP) is 5.06. The van der Waals surface area contributed by atoms with Gasteiger partial charge in [0.25, 0.3) is 0 Å². The van der Waals surface area contributed by atoms with Crippen molar-refractivity contribution in [3.05, 3.63) is 35.9 Å². The molecule has 0 saturated heterocycles. The van der Waals surface area contributed by atoms with Crippen molar-refractivity contribution in [2.45, 2.75) is 76.2 Å². The molecule has 0 aromatic heterocycles. The molecule has 0 heterocycles. The SMILES string of the molecule is CCCCCCC(NC)C1(c2ccccc2)CCCC1. The topological polar surface area (TPSA) is 12.0 Å². The van der Waals surface area contributed by atoms with Gasteiger partial charge in [-0.3, -0.25) is 0 Å². The molecule has 1 nitrogen and oxygen atoms in total. The van der Waals surface area contributed by atoms with Crippen molar-refractivity contribution in [3.8, 4) is 0 Å². The Morgan fingerprint density at radius 1 is 1.05 bits per heavy atom. The third kappa shape index (κ3) is 3.44. The summed E-state index contributed by atoms with van der Waals surface area (Å²) < 4.78 is 0. The number of hydrogen-bond donors (Lipinski definition) is 1. The molecule has 1 aliphatic rings. The summed E-state index contributed by atoms with van der Waals surface area (Å²) in [5.74, 6) is 0. The first kappa shape index (κ1) is 15.6. The van der Waals surface area contributed by atoms with Gasteiger partial charge in [-0.2, -0.15) is 0 Å². The lowest BCUT2D eigenvalue weighted by Crippen LogP contribution is -2.45. The Balaban J connectivity index is 2.09. The monoisotopic (exact) mass is 273 g/mol. The lowest BCUT2D eigenvalue weighted by molar-refractivity contribution is 0.288. The van der Waals surface area contributed by atoms with Gasteiger partial charge in [-0.1, -0.05) is 75.8 Å². The zero-order chi connectivity index (χ0) is 14.3. The van der Waals surface area contributed by atoms with Crippen LogP contribution in [0.2, 0.25) is 0 Å². The van der Waals surface area contributed by atoms with Gasteiger partial charge < -0.3 is 5.32 Å². The fourth-order valence-electron chi connectivity index (χ4n) is 4.09. The highest BCUT2D eigenvalue weighted by Gasteiger charge is 2.41. The third-order valence-electron chi connectivity index (χ3n) is 5.21. The second-order valence-electron chi connectivity index (χ2n) is 6.42. The molecule has 2 rings (SSSR count). The molecule has 1 aromatic carbocycles. The Morgan fingerprint density at radius 3 is 2.35 bits per heavy atom. The number of rotatable bonds is 8. The van der Waals surface area contributed by atoms with E-state index in [1.807, 2.05) is 0 Å². The molecule has 1 heteroatoms. The summed E-state index contributed by atoms with van der Waals surface area (Å²) in [5, 5.41) is 3.66. The van der Waals surface area contributed by atoms with Gasteiger partial charge in [0, 0.05) is 11.5 Å². The molecule has 1 aliphatic carbocycles. The quantitative estimate of drug-likeness (QED) is 0.653. The Labute approximate surface area is 125 Å². The molecule has 112 valence electrons. The summed E-state index contributed by atoms with van der Waals surface area (Å²) in [7, 11) is 2.16. The van der Waals surface area contributed by atoms with E-state index in [0.717, 1.165) is 0 Å². The molecular weight excluding hydrogens is 242 g/mol. The molecule has 0 bridgehead atoms. The van der Waals surface area contributed by atoms with E-state index in [2.05, 4.69) is 49.6 Å². The first-order chi connectivity index (χ1) is 9.83. The van der Waals surface area contributed by atoms with Gasteiger partial charge in [0.05, 0.1) is 0 Å². The van der Waals surface area contributed by atoms with Crippen LogP contribution < -0.4 is 5.32 Å². The minimum atomic E-state index is 0.391. The highest BCUT2D eigenvalue weighted by molar-refractivity contribution is 5.29. The zero-order valence-electron chi connectivity index (χ0n) is 13.3. The maximum absolute atomic E-state index is 3.66. The Kier molecular flexibility index (Phi) is 6.09. The molecule has 20 heavy (non-hydrogen) atoms. The molecule has 1 atom stereocenters. The number of unbranched alkanes of at least 4 members (excludes halogenated alkanes) is 3. The first-order valence-corrected chi connectivity index (χ1v) is 8.56. The fraction of sp³-hybridized carbons (Fsp3) is 0.684. The van der Waals surface area contributed by atoms with Gasteiger partial charge in [0.2, 0.25) is 0 Å². The van der Waals surface area contributed by atoms with Gasteiger partial charge in [-0.15, -0.1) is 0 Å². The van der Waals surface area contributed by atoms with Gasteiger partial charge in [-0.25, -0.2) is 0 Å². The van der Waals surface area contributed by atoms with Crippen LogP contribution in [0.5, 0.6) is 0 Å². The number of benzene rings is 1. The van der Waals surface area contributed by atoms with Crippen LogP contribution in [-0.2, 0) is 5.41 Å². The predicted molar refractivity (Wildman–Crippen MR) is 88.2 cm³/mol. The zero-order valence-corrected chi connectivity index (χ0v) is 13.3. The van der Waals surface area contributed by atoms with Crippen LogP contribution in [0.3, 0.4) is 0 Å². The number of nitrogens with one attached hydrogen (secondary N) is 1. The van der Waals surface area contributed by atoms with Crippen LogP contribution in [0, 0.1) is 0 Å². The maximum atomic E-state index is 3.66. The van der Waals surface area contributed by atoms with Gasteiger partial charge in [0.15, 0.2) is 0 Å². The lowest BCUT2D eigenvalue weighted by atomic mass is 9.71. The van der Waals surface area contributed by atoms with Crippen molar-refractivity contribution in [1.82, 2.24) is 5.32 Å². The van der Waals surface area contributed by atoms with Gasteiger partial charge in [-0.05, 0) is 31.9 Å². The summed E-state index contributed by atoms with van der Waals surface area (Å²) in [6, 6.07) is 11.9. The Bertz CT molecular complexity index is 365. The van der Waals surface area contributed by atoms with Crippen LogP contribution in [0.15, 0.2) is 30.3 Å². The molecule has 1 N–H and O–H groups in total. The molecule has 0 spiro atoms. The number of hydrogen-bond acceptors (Lipinski definition) is 1. The largest absolute Gasteiger partial charge is 0.316 e. The standard InChI is InChI=1S/C19H31N/c1-3-4-5-9-14-18(20-2)19(15-10-11-16-19)17-12-7-6-8-13-17/h6-8,12-13,18,20H,3-5,9-11,14-16H2,1-2H3. The Morgan fingerprint density at radius 2 is 1.75 bits per heavy atom.